The molecule has 6 nitrogen and oxygen atoms in total. The highest BCUT2D eigenvalue weighted by atomic mass is 32.2. The number of rotatable bonds is 5. The molecular formula is C12H18N2O4S. The first-order valence-electron chi connectivity index (χ1n) is 6.50. The lowest BCUT2D eigenvalue weighted by molar-refractivity contribution is 0.0804. The van der Waals surface area contributed by atoms with Gasteiger partial charge in [-0.3, -0.25) is 0 Å². The van der Waals surface area contributed by atoms with Crippen molar-refractivity contribution in [3.05, 3.63) is 17.9 Å². The summed E-state index contributed by atoms with van der Waals surface area (Å²) in [5, 5.41) is 8.19. The lowest BCUT2D eigenvalue weighted by Crippen LogP contribution is -2.37. The Kier molecular flexibility index (Phi) is 3.38. The molecule has 0 bridgehead atoms. The molecule has 2 atom stereocenters. The Bertz CT molecular complexity index is 550. The molecular weight excluding hydrogens is 268 g/mol. The van der Waals surface area contributed by atoms with E-state index in [1.165, 1.54) is 18.9 Å². The summed E-state index contributed by atoms with van der Waals surface area (Å²) >= 11 is 0. The lowest BCUT2D eigenvalue weighted by Gasteiger charge is -2.18. The minimum atomic E-state index is -3.75. The number of sulfonamides is 1. The first kappa shape index (κ1) is 13.1. The number of nitrogens with one attached hydrogen (secondary N) is 1. The van der Waals surface area contributed by atoms with E-state index in [0.717, 1.165) is 13.0 Å². The van der Waals surface area contributed by atoms with E-state index >= 15 is 0 Å². The number of nitrogens with two attached hydrogens (primary N) is 1. The number of furan rings is 1. The Morgan fingerprint density at radius 1 is 1.32 bits per heavy atom. The first-order chi connectivity index (χ1) is 9.04. The van der Waals surface area contributed by atoms with Crippen LogP contribution < -0.4 is 10.5 Å². The Morgan fingerprint density at radius 3 is 2.74 bits per heavy atom. The molecule has 7 heteroatoms. The summed E-state index contributed by atoms with van der Waals surface area (Å²) in [5.41, 5.74) is 0. The van der Waals surface area contributed by atoms with Crippen LogP contribution in [0.15, 0.2) is 21.6 Å². The zero-order valence-electron chi connectivity index (χ0n) is 10.5. The second-order valence-corrected chi connectivity index (χ2v) is 6.71. The maximum Gasteiger partial charge on any atom is 0.271 e. The van der Waals surface area contributed by atoms with E-state index in [-0.39, 0.29) is 5.09 Å². The summed E-state index contributed by atoms with van der Waals surface area (Å²) in [6.07, 6.45) is 3.79. The van der Waals surface area contributed by atoms with Crippen LogP contribution in [-0.4, -0.2) is 27.2 Å². The van der Waals surface area contributed by atoms with Gasteiger partial charge in [-0.15, -0.1) is 0 Å². The third-order valence-electron chi connectivity index (χ3n) is 3.68. The van der Waals surface area contributed by atoms with Crippen molar-refractivity contribution in [2.75, 3.05) is 6.61 Å². The number of primary sulfonamides is 1. The summed E-state index contributed by atoms with van der Waals surface area (Å²) < 4.78 is 33.1. The highest BCUT2D eigenvalue weighted by Gasteiger charge is 2.40. The Labute approximate surface area is 112 Å². The van der Waals surface area contributed by atoms with E-state index in [9.17, 15) is 8.42 Å². The van der Waals surface area contributed by atoms with Crippen LogP contribution in [0, 0.1) is 5.92 Å². The molecule has 3 N–H and O–H groups in total. The van der Waals surface area contributed by atoms with Crippen molar-refractivity contribution in [2.24, 2.45) is 11.1 Å². The lowest BCUT2D eigenvalue weighted by atomic mass is 10.1. The highest BCUT2D eigenvalue weighted by Crippen LogP contribution is 2.38. The molecule has 1 saturated carbocycles. The van der Waals surface area contributed by atoms with E-state index < -0.39 is 10.0 Å². The first-order valence-corrected chi connectivity index (χ1v) is 8.05. The predicted molar refractivity (Wildman–Crippen MR) is 67.8 cm³/mol. The average molecular weight is 286 g/mol. The molecule has 0 spiro atoms. The fourth-order valence-electron chi connectivity index (χ4n) is 2.56. The van der Waals surface area contributed by atoms with Crippen molar-refractivity contribution >= 4 is 10.0 Å². The summed E-state index contributed by atoms with van der Waals surface area (Å²) in [5.74, 6) is 1.27. The molecule has 2 aliphatic rings. The molecule has 1 aromatic heterocycles. The normalized spacial score (nSPS) is 27.8. The molecule has 0 aromatic carbocycles. The molecule has 106 valence electrons. The van der Waals surface area contributed by atoms with Crippen molar-refractivity contribution in [2.45, 2.75) is 43.0 Å². The van der Waals surface area contributed by atoms with Crippen LogP contribution >= 0.6 is 0 Å². The van der Waals surface area contributed by atoms with Gasteiger partial charge in [-0.1, -0.05) is 0 Å². The summed E-state index contributed by atoms with van der Waals surface area (Å²) in [4.78, 5) is 0. The van der Waals surface area contributed by atoms with Gasteiger partial charge in [-0.05, 0) is 37.3 Å². The van der Waals surface area contributed by atoms with Crippen molar-refractivity contribution in [1.82, 2.24) is 5.32 Å². The third-order valence-corrected chi connectivity index (χ3v) is 4.46. The van der Waals surface area contributed by atoms with Gasteiger partial charge < -0.3 is 14.5 Å². The molecule has 0 radical (unpaired) electrons. The monoisotopic (exact) mass is 286 g/mol. The number of hydrogen-bond acceptors (Lipinski definition) is 5. The Balaban J connectivity index is 1.58. The zero-order chi connectivity index (χ0) is 13.5. The fraction of sp³-hybridized carbons (Fsp3) is 0.667. The molecule has 19 heavy (non-hydrogen) atoms. The van der Waals surface area contributed by atoms with Gasteiger partial charge >= 0.3 is 0 Å². The molecule has 2 fully saturated rings. The molecule has 1 aliphatic carbocycles. The van der Waals surface area contributed by atoms with Gasteiger partial charge in [0.05, 0.1) is 12.6 Å². The Hall–Kier alpha value is -0.890. The van der Waals surface area contributed by atoms with Crippen LogP contribution in [0.25, 0.3) is 0 Å². The molecule has 2 unspecified atom stereocenters. The van der Waals surface area contributed by atoms with Crippen LogP contribution in [0.4, 0.5) is 0 Å². The topological polar surface area (TPSA) is 94.6 Å². The molecule has 1 saturated heterocycles. The average Bonchev–Trinajstić information content (AvgIpc) is 2.91. The predicted octanol–water partition coefficient (Wildman–Crippen LogP) is 0.584. The SMILES string of the molecule is NS(=O)(=O)c1ccc(CNC2CCOC2C2CC2)o1. The zero-order valence-corrected chi connectivity index (χ0v) is 11.4. The van der Waals surface area contributed by atoms with Crippen molar-refractivity contribution in [1.29, 1.82) is 0 Å². The van der Waals surface area contributed by atoms with Crippen LogP contribution in [-0.2, 0) is 21.3 Å². The maximum absolute atomic E-state index is 11.1. The van der Waals surface area contributed by atoms with E-state index in [1.54, 1.807) is 6.07 Å². The largest absolute Gasteiger partial charge is 0.447 e. The maximum atomic E-state index is 11.1. The van der Waals surface area contributed by atoms with Gasteiger partial charge in [-0.2, -0.15) is 0 Å². The molecule has 3 rings (SSSR count). The van der Waals surface area contributed by atoms with E-state index in [4.69, 9.17) is 14.3 Å². The van der Waals surface area contributed by atoms with Gasteiger partial charge in [0.25, 0.3) is 10.0 Å². The van der Waals surface area contributed by atoms with Gasteiger partial charge in [0.1, 0.15) is 5.76 Å². The summed E-state index contributed by atoms with van der Waals surface area (Å²) in [6.45, 7) is 1.28. The highest BCUT2D eigenvalue weighted by molar-refractivity contribution is 7.89. The second kappa shape index (κ2) is 4.90. The standard InChI is InChI=1S/C12H18N2O4S/c13-19(15,16)11-4-3-9(18-11)7-14-10-5-6-17-12(10)8-1-2-8/h3-4,8,10,12,14H,1-2,5-7H2,(H2,13,15,16). The van der Waals surface area contributed by atoms with Crippen molar-refractivity contribution < 1.29 is 17.6 Å². The van der Waals surface area contributed by atoms with Gasteiger partial charge in [0.2, 0.25) is 5.09 Å². The summed E-state index contributed by atoms with van der Waals surface area (Å²) in [6, 6.07) is 3.35. The van der Waals surface area contributed by atoms with Crippen LogP contribution in [0.5, 0.6) is 0 Å². The quantitative estimate of drug-likeness (QED) is 0.826. The molecule has 1 aromatic rings. The van der Waals surface area contributed by atoms with Gasteiger partial charge in [0, 0.05) is 12.6 Å². The minimum absolute atomic E-state index is 0.189. The number of ether oxygens (including phenoxy) is 1. The van der Waals surface area contributed by atoms with Crippen molar-refractivity contribution in [3.63, 3.8) is 0 Å². The number of hydrogen-bond donors (Lipinski definition) is 2. The van der Waals surface area contributed by atoms with Crippen molar-refractivity contribution in [3.8, 4) is 0 Å². The smallest absolute Gasteiger partial charge is 0.271 e. The van der Waals surface area contributed by atoms with Gasteiger partial charge in [-0.25, -0.2) is 13.6 Å². The third kappa shape index (κ3) is 3.00. The molecule has 2 heterocycles. The van der Waals surface area contributed by atoms with E-state index in [1.807, 2.05) is 0 Å². The minimum Gasteiger partial charge on any atom is -0.447 e. The van der Waals surface area contributed by atoms with Crippen LogP contribution in [0.3, 0.4) is 0 Å². The summed E-state index contributed by atoms with van der Waals surface area (Å²) in [7, 11) is -3.75. The van der Waals surface area contributed by atoms with Crippen LogP contribution in [0.2, 0.25) is 0 Å². The Morgan fingerprint density at radius 2 is 2.11 bits per heavy atom. The van der Waals surface area contributed by atoms with Crippen LogP contribution in [0.1, 0.15) is 25.0 Å². The molecule has 0 amide bonds. The fourth-order valence-corrected chi connectivity index (χ4v) is 3.04. The van der Waals surface area contributed by atoms with E-state index in [0.29, 0.717) is 30.4 Å². The van der Waals surface area contributed by atoms with Gasteiger partial charge in [0.15, 0.2) is 0 Å². The molecule has 1 aliphatic heterocycles. The second-order valence-electron chi connectivity index (χ2n) is 5.21. The van der Waals surface area contributed by atoms with E-state index in [2.05, 4.69) is 5.32 Å².